The van der Waals surface area contributed by atoms with Gasteiger partial charge in [0.15, 0.2) is 29.4 Å². The van der Waals surface area contributed by atoms with Gasteiger partial charge in [-0.25, -0.2) is 13.2 Å². The number of ketones is 1. The minimum atomic E-state index is -4.33. The zero-order valence-electron chi connectivity index (χ0n) is 70.5. The average Bonchev–Trinajstić information content (AvgIpc) is 1.55. The van der Waals surface area contributed by atoms with Gasteiger partial charge in [-0.2, -0.15) is 0 Å². The molecular formula is C98H137N3O10S3. The van der Waals surface area contributed by atoms with E-state index < -0.39 is 33.0 Å². The molecule has 1 heterocycles. The Labute approximate surface area is 693 Å². The highest BCUT2D eigenvalue weighted by atomic mass is 32.2. The highest BCUT2D eigenvalue weighted by Crippen LogP contribution is 2.64. The fraction of sp³-hybridized carbons (Fsp3) is 0.480. The molecule has 3 N–H and O–H groups in total. The molecule has 11 rings (SSSR count). The third-order valence-electron chi connectivity index (χ3n) is 21.5. The summed E-state index contributed by atoms with van der Waals surface area (Å²) in [7, 11) is -4.36. The molecule has 0 spiro atoms. The number of nitrogens with two attached hydrogens (primary N) is 1. The number of carboxylic acids is 1. The number of ether oxygens (including phenoxy) is 2. The predicted octanol–water partition coefficient (Wildman–Crippen LogP) is 23.1. The quantitative estimate of drug-likeness (QED) is 0.0124. The number of nitrogens with zero attached hydrogens (tertiary/aromatic N) is 2. The highest BCUT2D eigenvalue weighted by Gasteiger charge is 2.64. The molecule has 0 amide bonds. The van der Waals surface area contributed by atoms with E-state index >= 15 is 0 Å². The number of carboxylic acid groups (broad SMARTS) is 1. The maximum atomic E-state index is 11.8. The molecule has 1 aliphatic heterocycles. The summed E-state index contributed by atoms with van der Waals surface area (Å²) in [5.74, 6) is -0.911. The lowest BCUT2D eigenvalue weighted by atomic mass is 9.70. The van der Waals surface area contributed by atoms with E-state index in [1.807, 2.05) is 13.8 Å². The number of carbonyl (C=O) groups is 3. The summed E-state index contributed by atoms with van der Waals surface area (Å²) in [5.41, 5.74) is 8.20. The number of anilines is 1. The minimum absolute atomic E-state index is 0.0146. The summed E-state index contributed by atoms with van der Waals surface area (Å²) in [6.45, 7) is 30.5. The van der Waals surface area contributed by atoms with Gasteiger partial charge in [0.05, 0.1) is 56.4 Å². The van der Waals surface area contributed by atoms with Crippen molar-refractivity contribution >= 4 is 55.3 Å². The summed E-state index contributed by atoms with van der Waals surface area (Å²) in [4.78, 5) is 46.8. The fourth-order valence-electron chi connectivity index (χ4n) is 14.7. The molecule has 13 nitrogen and oxygen atoms in total. The Bertz CT molecular complexity index is 3630. The van der Waals surface area contributed by atoms with Gasteiger partial charge < -0.3 is 34.9 Å². The average molecular weight is 1610 g/mol. The van der Waals surface area contributed by atoms with Crippen molar-refractivity contribution in [1.29, 1.82) is 0 Å². The molecular weight excluding hydrogens is 1480 g/mol. The van der Waals surface area contributed by atoms with Crippen molar-refractivity contribution < 1.29 is 47.0 Å². The van der Waals surface area contributed by atoms with E-state index in [-0.39, 0.29) is 50.4 Å². The molecule has 2 aliphatic carbocycles. The summed E-state index contributed by atoms with van der Waals surface area (Å²) in [6.07, 6.45) is 26.4. The third-order valence-corrected chi connectivity index (χ3v) is 26.8. The summed E-state index contributed by atoms with van der Waals surface area (Å²) in [6, 6.07) is 76.2. The zero-order chi connectivity index (χ0) is 82.8. The number of morpholine rings is 1. The fourth-order valence-corrected chi connectivity index (χ4v) is 20.2. The van der Waals surface area contributed by atoms with E-state index in [2.05, 4.69) is 265 Å². The second-order valence-electron chi connectivity index (χ2n) is 31.0. The van der Waals surface area contributed by atoms with Crippen LogP contribution in [0.3, 0.4) is 0 Å². The molecule has 0 aromatic heterocycles. The Morgan fingerprint density at radius 1 is 0.535 bits per heavy atom. The van der Waals surface area contributed by atoms with Crippen LogP contribution in [0.4, 0.5) is 5.69 Å². The second kappa shape index (κ2) is 55.1. The van der Waals surface area contributed by atoms with Crippen molar-refractivity contribution in [3.63, 3.8) is 0 Å². The van der Waals surface area contributed by atoms with Gasteiger partial charge in [0, 0.05) is 43.6 Å². The number of unbranched alkanes of at least 4 members (excludes halogenated alkanes) is 14. The number of para-hydroxylation sites is 2. The van der Waals surface area contributed by atoms with Crippen LogP contribution in [0.25, 0.3) is 0 Å². The maximum absolute atomic E-state index is 11.8. The topological polar surface area (TPSA) is 203 Å². The first-order valence-corrected chi connectivity index (χ1v) is 46.4. The van der Waals surface area contributed by atoms with Gasteiger partial charge in [0.25, 0.3) is 0 Å². The van der Waals surface area contributed by atoms with Gasteiger partial charge in [0.1, 0.15) is 12.4 Å². The Morgan fingerprint density at radius 2 is 0.886 bits per heavy atom. The number of Topliss-reactive ketones (excluding diaryl/α,β-unsaturated/α-hetero) is 1. The van der Waals surface area contributed by atoms with Crippen LogP contribution in [0.5, 0.6) is 5.75 Å². The number of esters is 1. The van der Waals surface area contributed by atoms with E-state index in [1.165, 1.54) is 187 Å². The monoisotopic (exact) mass is 1610 g/mol. The number of aromatic carboxylic acids is 1. The number of fused-ring (bicyclic) bond motifs is 2. The molecule has 622 valence electrons. The Hall–Kier alpha value is -7.54. The highest BCUT2D eigenvalue weighted by molar-refractivity contribution is 7.97. The van der Waals surface area contributed by atoms with E-state index in [1.54, 1.807) is 0 Å². The van der Waals surface area contributed by atoms with Gasteiger partial charge in [-0.1, -0.05) is 310 Å². The Balaban J connectivity index is 0.000000240. The number of nitrogen functional groups attached to an aromatic ring is 1. The van der Waals surface area contributed by atoms with Crippen LogP contribution in [-0.4, -0.2) is 110 Å². The molecule has 2 bridgehead atoms. The molecule has 16 heteroatoms. The zero-order valence-corrected chi connectivity index (χ0v) is 73.0. The molecule has 2 saturated carbocycles. The molecule has 2 unspecified atom stereocenters. The second-order valence-corrected chi connectivity index (χ2v) is 36.5. The lowest BCUT2D eigenvalue weighted by molar-refractivity contribution is -0.268. The molecule has 2 atom stereocenters. The number of benzene rings is 8. The van der Waals surface area contributed by atoms with Gasteiger partial charge in [-0.3, -0.25) is 14.5 Å². The van der Waals surface area contributed by atoms with Crippen molar-refractivity contribution in [2.24, 2.45) is 16.7 Å². The first-order chi connectivity index (χ1) is 55.0. The lowest BCUT2D eigenvalue weighted by Crippen LogP contribution is -2.42. The van der Waals surface area contributed by atoms with E-state index in [0.717, 1.165) is 57.8 Å². The van der Waals surface area contributed by atoms with E-state index in [9.17, 15) is 32.5 Å². The van der Waals surface area contributed by atoms with Gasteiger partial charge >= 0.3 is 11.9 Å². The lowest BCUT2D eigenvalue weighted by Gasteiger charge is -2.37. The van der Waals surface area contributed by atoms with Crippen LogP contribution in [0.1, 0.15) is 244 Å². The van der Waals surface area contributed by atoms with Crippen LogP contribution >= 0.6 is 0 Å². The predicted molar refractivity (Wildman–Crippen MR) is 473 cm³/mol. The van der Waals surface area contributed by atoms with Crippen LogP contribution < -0.4 is 10.8 Å². The van der Waals surface area contributed by atoms with Gasteiger partial charge in [0.2, 0.25) is 0 Å². The van der Waals surface area contributed by atoms with Gasteiger partial charge in [-0.15, -0.1) is 0 Å². The largest absolute Gasteiger partial charge is 0.872 e. The Morgan fingerprint density at radius 3 is 1.20 bits per heavy atom. The molecule has 8 aromatic carbocycles. The van der Waals surface area contributed by atoms with Gasteiger partial charge in [-0.05, 0) is 171 Å². The molecule has 3 fully saturated rings. The molecule has 8 aromatic rings. The summed E-state index contributed by atoms with van der Waals surface area (Å²) in [5, 5.41) is 19.0. The van der Waals surface area contributed by atoms with Crippen LogP contribution in [-0.2, 0) is 51.0 Å². The van der Waals surface area contributed by atoms with Crippen LogP contribution in [0.2, 0.25) is 0 Å². The number of rotatable bonds is 36. The van der Waals surface area contributed by atoms with E-state index in [0.29, 0.717) is 37.7 Å². The van der Waals surface area contributed by atoms with Crippen molar-refractivity contribution in [3.8, 4) is 5.75 Å². The first kappa shape index (κ1) is 97.0. The van der Waals surface area contributed by atoms with Crippen molar-refractivity contribution in [3.05, 3.63) is 241 Å². The number of hydrogen-bond acceptors (Lipinski definition) is 12. The van der Waals surface area contributed by atoms with Crippen molar-refractivity contribution in [2.45, 2.75) is 252 Å². The van der Waals surface area contributed by atoms with Crippen LogP contribution in [0, 0.1) is 16.7 Å². The molecule has 3 aliphatic rings. The first-order valence-electron chi connectivity index (χ1n) is 42.3. The number of hydrogen-bond donors (Lipinski definition) is 2. The minimum Gasteiger partial charge on any atom is -0.872 e. The third kappa shape index (κ3) is 35.1. The summed E-state index contributed by atoms with van der Waals surface area (Å²) < 4.78 is 43.3. The summed E-state index contributed by atoms with van der Waals surface area (Å²) >= 11 is 0. The van der Waals surface area contributed by atoms with Crippen molar-refractivity contribution in [1.82, 2.24) is 9.80 Å². The molecule has 114 heavy (non-hydrogen) atoms. The standard InChI is InChI=1S/C18H35NO3.2C18H15S.C15H33N.C12H19N.C10H16O4S.C7H6O3/c1-2-3-4-5-6-7-8-9-10-11-18(20)22-17-14-19-12-15-21-16-13-19;2*1-4-10-16(11-5-1)19(17-12-6-2-7-13-17)18-14-8-3-9-15-18;1-4-7-10-13-16(14-11-8-5-2)15-12-9-6-3;1-8(2)10-6-5-7-11(9(3)4)12(10)13;1-9(2)7-3-4-10(9,8(11)5-7)6-15(12,13)14;8-6-4-2-1-3-5(6)7(9)10/h2-17H2,1H3;2*1-15H;4-15H2,1-3H3;5-9H,13H2,1-4H3;7H,3-6H2,1-2H3,(H,12,13,14);1-4,8H,(H,9,10)/q;2*+1;;;;/p-2. The molecule has 0 radical (unpaired) electrons. The normalized spacial score (nSPS) is 15.3. The number of carbonyl (C=O) groups excluding carboxylic acids is 2. The smallest absolute Gasteiger partial charge is 0.335 e. The maximum Gasteiger partial charge on any atom is 0.335 e. The SMILES string of the molecule is CC(C)c1cccc(C(C)C)c1N.CC1(C)C2CCC1(CS(=O)(=O)[O-])C(=O)C2.CCCCCCCCCCCC(=O)OCCN1CCOCC1.CCCCCN(CCCCC)CCCCC.O=C(O)c1ccccc1[O-].c1ccc([S+](c2ccccc2)c2ccccc2)cc1.c1ccc([S+](c2ccccc2)c2ccccc2)cc1. The van der Waals surface area contributed by atoms with Crippen LogP contribution in [0.15, 0.2) is 254 Å². The molecule has 1 saturated heterocycles. The van der Waals surface area contributed by atoms with Crippen molar-refractivity contribution in [2.75, 3.05) is 70.6 Å². The Kier molecular flexibility index (Phi) is 46.9. The van der Waals surface area contributed by atoms with E-state index in [4.69, 9.17) is 20.3 Å².